The van der Waals surface area contributed by atoms with E-state index in [-0.39, 0.29) is 11.7 Å². The van der Waals surface area contributed by atoms with E-state index in [1.54, 1.807) is 25.1 Å². The molecule has 1 aliphatic heterocycles. The van der Waals surface area contributed by atoms with E-state index in [1.807, 2.05) is 4.90 Å². The van der Waals surface area contributed by atoms with Gasteiger partial charge >= 0.3 is 5.97 Å². The zero-order chi connectivity index (χ0) is 15.2. The quantitative estimate of drug-likeness (QED) is 0.484. The number of benzene rings is 1. The number of para-hydroxylation sites is 2. The van der Waals surface area contributed by atoms with Crippen molar-refractivity contribution in [1.29, 1.82) is 0 Å². The number of nitro benzene ring substituents is 1. The molecule has 21 heavy (non-hydrogen) atoms. The van der Waals surface area contributed by atoms with Crippen LogP contribution < -0.4 is 4.90 Å². The van der Waals surface area contributed by atoms with Gasteiger partial charge in [0.05, 0.1) is 11.5 Å². The summed E-state index contributed by atoms with van der Waals surface area (Å²) in [6.45, 7) is 2.72. The molecule has 0 saturated carbocycles. The van der Waals surface area contributed by atoms with Crippen LogP contribution in [0, 0.1) is 10.1 Å². The van der Waals surface area contributed by atoms with Crippen LogP contribution in [0.15, 0.2) is 24.3 Å². The van der Waals surface area contributed by atoms with E-state index in [9.17, 15) is 14.9 Å². The van der Waals surface area contributed by atoms with E-state index in [0.29, 0.717) is 25.3 Å². The Hall–Kier alpha value is -2.11. The summed E-state index contributed by atoms with van der Waals surface area (Å²) < 4.78 is 5.14. The van der Waals surface area contributed by atoms with Gasteiger partial charge in [0.1, 0.15) is 11.7 Å². The van der Waals surface area contributed by atoms with Gasteiger partial charge in [-0.05, 0) is 25.8 Å². The Morgan fingerprint density at radius 1 is 1.38 bits per heavy atom. The minimum atomic E-state index is -0.437. The highest BCUT2D eigenvalue weighted by Gasteiger charge is 2.32. The average molecular weight is 292 g/mol. The van der Waals surface area contributed by atoms with Crippen LogP contribution in [0.3, 0.4) is 0 Å². The number of carbonyl (C=O) groups excluding carboxylic acids is 1. The van der Waals surface area contributed by atoms with E-state index < -0.39 is 11.0 Å². The molecule has 0 aliphatic carbocycles. The van der Waals surface area contributed by atoms with Crippen molar-refractivity contribution >= 4 is 17.3 Å². The normalized spacial score (nSPS) is 18.9. The lowest BCUT2D eigenvalue weighted by atomic mass is 10.1. The minimum Gasteiger partial charge on any atom is -0.464 e. The first kappa shape index (κ1) is 15.3. The number of anilines is 1. The number of hydrogen-bond acceptors (Lipinski definition) is 5. The highest BCUT2D eigenvalue weighted by Crippen LogP contribution is 2.32. The van der Waals surface area contributed by atoms with Gasteiger partial charge < -0.3 is 9.64 Å². The van der Waals surface area contributed by atoms with E-state index >= 15 is 0 Å². The molecule has 6 nitrogen and oxygen atoms in total. The fourth-order valence-corrected chi connectivity index (χ4v) is 2.74. The number of hydrogen-bond donors (Lipinski definition) is 0. The first-order valence-corrected chi connectivity index (χ1v) is 7.32. The molecular formula is C15H20N2O4. The third kappa shape index (κ3) is 3.51. The number of carbonyl (C=O) groups is 1. The highest BCUT2D eigenvalue weighted by atomic mass is 16.6. The van der Waals surface area contributed by atoms with Crippen molar-refractivity contribution in [2.45, 2.75) is 38.6 Å². The minimum absolute atomic E-state index is 0.0358. The smallest absolute Gasteiger partial charge is 0.328 e. The van der Waals surface area contributed by atoms with Crippen LogP contribution in [0.5, 0.6) is 0 Å². The molecule has 1 atom stereocenters. The Kier molecular flexibility index (Phi) is 5.14. The molecule has 0 bridgehead atoms. The van der Waals surface area contributed by atoms with Crippen LogP contribution in [0.2, 0.25) is 0 Å². The molecule has 1 aliphatic rings. The number of rotatable bonds is 4. The molecular weight excluding hydrogens is 272 g/mol. The summed E-state index contributed by atoms with van der Waals surface area (Å²) in [4.78, 5) is 24.8. The second-order valence-electron chi connectivity index (χ2n) is 5.06. The van der Waals surface area contributed by atoms with Crippen molar-refractivity contribution in [2.75, 3.05) is 18.1 Å². The number of ether oxygens (including phenoxy) is 1. The lowest BCUT2D eigenvalue weighted by Crippen LogP contribution is -2.42. The Labute approximate surface area is 123 Å². The molecule has 0 aromatic heterocycles. The maximum absolute atomic E-state index is 12.2. The maximum atomic E-state index is 12.2. The Morgan fingerprint density at radius 3 is 2.86 bits per heavy atom. The fourth-order valence-electron chi connectivity index (χ4n) is 2.74. The molecule has 0 amide bonds. The number of nitro groups is 1. The second-order valence-corrected chi connectivity index (χ2v) is 5.06. The Balaban J connectivity index is 2.37. The molecule has 1 aromatic carbocycles. The van der Waals surface area contributed by atoms with Crippen LogP contribution in [0.1, 0.15) is 32.6 Å². The predicted molar refractivity (Wildman–Crippen MR) is 79.3 cm³/mol. The van der Waals surface area contributed by atoms with E-state index in [0.717, 1.165) is 19.3 Å². The standard InChI is InChI=1S/C15H20N2O4/c1-2-21-15(18)14-10-4-3-7-11-16(14)12-8-5-6-9-13(12)17(19)20/h5-6,8-9,14H,2-4,7,10-11H2,1H3/t14-/m1/s1. The highest BCUT2D eigenvalue weighted by molar-refractivity contribution is 5.81. The summed E-state index contributed by atoms with van der Waals surface area (Å²) in [6, 6.07) is 6.14. The van der Waals surface area contributed by atoms with Crippen molar-refractivity contribution in [1.82, 2.24) is 0 Å². The van der Waals surface area contributed by atoms with Gasteiger partial charge in [-0.2, -0.15) is 0 Å². The first-order chi connectivity index (χ1) is 10.1. The largest absolute Gasteiger partial charge is 0.464 e. The summed E-state index contributed by atoms with van der Waals surface area (Å²) >= 11 is 0. The average Bonchev–Trinajstić information content (AvgIpc) is 2.73. The summed E-state index contributed by atoms with van der Waals surface area (Å²) in [5.74, 6) is -0.294. The van der Waals surface area contributed by atoms with Gasteiger partial charge in [-0.15, -0.1) is 0 Å². The van der Waals surface area contributed by atoms with Crippen molar-refractivity contribution in [3.8, 4) is 0 Å². The van der Waals surface area contributed by atoms with Gasteiger partial charge in [0.25, 0.3) is 5.69 Å². The molecule has 0 N–H and O–H groups in total. The Bertz CT molecular complexity index is 518. The van der Waals surface area contributed by atoms with Crippen molar-refractivity contribution in [3.05, 3.63) is 34.4 Å². The molecule has 1 aromatic rings. The molecule has 1 saturated heterocycles. The van der Waals surface area contributed by atoms with E-state index in [4.69, 9.17) is 4.74 Å². The van der Waals surface area contributed by atoms with Crippen LogP contribution in [0.25, 0.3) is 0 Å². The molecule has 0 unspecified atom stereocenters. The van der Waals surface area contributed by atoms with Gasteiger partial charge in [-0.1, -0.05) is 25.0 Å². The predicted octanol–water partition coefficient (Wildman–Crippen LogP) is 2.91. The SMILES string of the molecule is CCOC(=O)[C@H]1CCCCCN1c1ccccc1[N+](=O)[O-]. The van der Waals surface area contributed by atoms with Crippen molar-refractivity contribution < 1.29 is 14.5 Å². The van der Waals surface area contributed by atoms with Gasteiger partial charge in [-0.25, -0.2) is 4.79 Å². The van der Waals surface area contributed by atoms with E-state index in [1.165, 1.54) is 6.07 Å². The number of nitrogens with zero attached hydrogens (tertiary/aromatic N) is 2. The molecule has 114 valence electrons. The zero-order valence-corrected chi connectivity index (χ0v) is 12.2. The van der Waals surface area contributed by atoms with Crippen LogP contribution >= 0.6 is 0 Å². The lowest BCUT2D eigenvalue weighted by molar-refractivity contribution is -0.384. The molecule has 1 heterocycles. The fraction of sp³-hybridized carbons (Fsp3) is 0.533. The molecule has 2 rings (SSSR count). The van der Waals surface area contributed by atoms with Gasteiger partial charge in [0.15, 0.2) is 0 Å². The van der Waals surface area contributed by atoms with Crippen LogP contribution in [-0.4, -0.2) is 30.1 Å². The zero-order valence-electron chi connectivity index (χ0n) is 12.2. The van der Waals surface area contributed by atoms with Gasteiger partial charge in [0, 0.05) is 12.6 Å². The molecule has 0 radical (unpaired) electrons. The van der Waals surface area contributed by atoms with Gasteiger partial charge in [0.2, 0.25) is 0 Å². The summed E-state index contributed by atoms with van der Waals surface area (Å²) in [5.41, 5.74) is 0.538. The topological polar surface area (TPSA) is 72.7 Å². The van der Waals surface area contributed by atoms with Crippen molar-refractivity contribution in [3.63, 3.8) is 0 Å². The lowest BCUT2D eigenvalue weighted by Gasteiger charge is -2.29. The summed E-state index contributed by atoms with van der Waals surface area (Å²) in [7, 11) is 0. The second kappa shape index (κ2) is 7.06. The molecule has 6 heteroatoms. The monoisotopic (exact) mass is 292 g/mol. The molecule has 0 spiro atoms. The summed E-state index contributed by atoms with van der Waals surface area (Å²) in [5, 5.41) is 11.2. The number of esters is 1. The van der Waals surface area contributed by atoms with Gasteiger partial charge in [-0.3, -0.25) is 10.1 Å². The van der Waals surface area contributed by atoms with Crippen molar-refractivity contribution in [2.24, 2.45) is 0 Å². The van der Waals surface area contributed by atoms with E-state index in [2.05, 4.69) is 0 Å². The maximum Gasteiger partial charge on any atom is 0.328 e. The first-order valence-electron chi connectivity index (χ1n) is 7.32. The van der Waals surface area contributed by atoms with Crippen LogP contribution in [-0.2, 0) is 9.53 Å². The summed E-state index contributed by atoms with van der Waals surface area (Å²) in [6.07, 6.45) is 3.54. The molecule has 1 fully saturated rings. The van der Waals surface area contributed by atoms with Crippen LogP contribution in [0.4, 0.5) is 11.4 Å². The third-order valence-electron chi connectivity index (χ3n) is 3.70. The Morgan fingerprint density at radius 2 is 2.14 bits per heavy atom. The third-order valence-corrected chi connectivity index (χ3v) is 3.70.